The molecule has 2 aromatic rings. The highest BCUT2D eigenvalue weighted by molar-refractivity contribution is 7.84. The second-order valence-electron chi connectivity index (χ2n) is 3.55. The van der Waals surface area contributed by atoms with Crippen molar-refractivity contribution in [3.8, 4) is 11.6 Å². The van der Waals surface area contributed by atoms with Crippen LogP contribution >= 0.6 is 0 Å². The number of para-hydroxylation sites is 1. The standard InChI is InChI=1S/C13H11NO3S/c1-18(16)12-5-3-2-4-11(12)17-13-7-6-10(9-15)8-14-13/h2-9H,1H3. The molecular formula is C13H11NO3S. The van der Waals surface area contributed by atoms with Gasteiger partial charge in [-0.15, -0.1) is 0 Å². The normalized spacial score (nSPS) is 11.8. The van der Waals surface area contributed by atoms with Crippen LogP contribution in [-0.4, -0.2) is 21.7 Å². The van der Waals surface area contributed by atoms with Gasteiger partial charge in [-0.2, -0.15) is 0 Å². The average molecular weight is 261 g/mol. The van der Waals surface area contributed by atoms with Gasteiger partial charge in [0, 0.05) is 24.1 Å². The molecule has 0 aliphatic carbocycles. The molecule has 0 N–H and O–H groups in total. The van der Waals surface area contributed by atoms with E-state index >= 15 is 0 Å². The first-order valence-electron chi connectivity index (χ1n) is 5.22. The number of benzene rings is 1. The van der Waals surface area contributed by atoms with Crippen molar-refractivity contribution in [3.05, 3.63) is 48.2 Å². The largest absolute Gasteiger partial charge is 0.438 e. The number of aromatic nitrogens is 1. The zero-order chi connectivity index (χ0) is 13.0. The van der Waals surface area contributed by atoms with Gasteiger partial charge in [-0.1, -0.05) is 12.1 Å². The van der Waals surface area contributed by atoms with Crippen LogP contribution in [0.15, 0.2) is 47.5 Å². The van der Waals surface area contributed by atoms with Gasteiger partial charge < -0.3 is 4.74 Å². The fourth-order valence-corrected chi connectivity index (χ4v) is 2.07. The minimum atomic E-state index is -1.13. The number of hydrogen-bond acceptors (Lipinski definition) is 4. The summed E-state index contributed by atoms with van der Waals surface area (Å²) in [4.78, 5) is 15.1. The highest BCUT2D eigenvalue weighted by Gasteiger charge is 2.07. The molecule has 92 valence electrons. The van der Waals surface area contributed by atoms with Crippen LogP contribution in [0.4, 0.5) is 0 Å². The summed E-state index contributed by atoms with van der Waals surface area (Å²) in [6, 6.07) is 10.3. The molecule has 0 aliphatic rings. The van der Waals surface area contributed by atoms with E-state index in [-0.39, 0.29) is 0 Å². The molecule has 2 rings (SSSR count). The molecule has 1 aromatic carbocycles. The Balaban J connectivity index is 2.28. The Morgan fingerprint density at radius 2 is 2.00 bits per heavy atom. The quantitative estimate of drug-likeness (QED) is 0.793. The number of carbonyl (C=O) groups excluding carboxylic acids is 1. The fourth-order valence-electron chi connectivity index (χ4n) is 1.41. The lowest BCUT2D eigenvalue weighted by atomic mass is 10.3. The molecule has 18 heavy (non-hydrogen) atoms. The predicted molar refractivity (Wildman–Crippen MR) is 68.5 cm³/mol. The van der Waals surface area contributed by atoms with Crippen molar-refractivity contribution < 1.29 is 13.7 Å². The fraction of sp³-hybridized carbons (Fsp3) is 0.0769. The van der Waals surface area contributed by atoms with Crippen LogP contribution in [0.25, 0.3) is 0 Å². The van der Waals surface area contributed by atoms with Crippen molar-refractivity contribution >= 4 is 17.1 Å². The first kappa shape index (κ1) is 12.4. The molecule has 1 aromatic heterocycles. The number of hydrogen-bond donors (Lipinski definition) is 0. The monoisotopic (exact) mass is 261 g/mol. The van der Waals surface area contributed by atoms with Gasteiger partial charge in [-0.25, -0.2) is 4.98 Å². The summed E-state index contributed by atoms with van der Waals surface area (Å²) in [5.41, 5.74) is 0.481. The molecule has 0 amide bonds. The highest BCUT2D eigenvalue weighted by atomic mass is 32.2. The maximum Gasteiger partial charge on any atom is 0.219 e. The lowest BCUT2D eigenvalue weighted by Gasteiger charge is -2.08. The number of nitrogens with zero attached hydrogens (tertiary/aromatic N) is 1. The van der Waals surface area contributed by atoms with Gasteiger partial charge in [-0.3, -0.25) is 9.00 Å². The van der Waals surface area contributed by atoms with E-state index in [1.807, 2.05) is 0 Å². The third-order valence-corrected chi connectivity index (χ3v) is 3.23. The van der Waals surface area contributed by atoms with E-state index in [1.54, 1.807) is 42.7 Å². The van der Waals surface area contributed by atoms with Crippen molar-refractivity contribution in [2.75, 3.05) is 6.26 Å². The number of aldehydes is 1. The van der Waals surface area contributed by atoms with Gasteiger partial charge in [0.1, 0.15) is 5.75 Å². The van der Waals surface area contributed by atoms with Gasteiger partial charge in [0.15, 0.2) is 6.29 Å². The van der Waals surface area contributed by atoms with Crippen molar-refractivity contribution in [1.82, 2.24) is 4.98 Å². The summed E-state index contributed by atoms with van der Waals surface area (Å²) in [7, 11) is -1.13. The first-order valence-corrected chi connectivity index (χ1v) is 6.78. The van der Waals surface area contributed by atoms with Crippen LogP contribution in [0.2, 0.25) is 0 Å². The van der Waals surface area contributed by atoms with E-state index in [9.17, 15) is 9.00 Å². The van der Waals surface area contributed by atoms with E-state index in [0.717, 1.165) is 0 Å². The third kappa shape index (κ3) is 2.81. The number of pyridine rings is 1. The average Bonchev–Trinajstić information content (AvgIpc) is 2.40. The second kappa shape index (κ2) is 5.55. The van der Waals surface area contributed by atoms with E-state index in [2.05, 4.69) is 4.98 Å². The molecule has 4 nitrogen and oxygen atoms in total. The Bertz CT molecular complexity index is 581. The minimum absolute atomic E-state index is 0.360. The molecule has 0 radical (unpaired) electrons. The van der Waals surface area contributed by atoms with Crippen molar-refractivity contribution in [1.29, 1.82) is 0 Å². The summed E-state index contributed by atoms with van der Waals surface area (Å²) < 4.78 is 17.1. The molecule has 0 bridgehead atoms. The topological polar surface area (TPSA) is 56.3 Å². The molecule has 1 unspecified atom stereocenters. The molecule has 1 heterocycles. The molecule has 5 heteroatoms. The summed E-state index contributed by atoms with van der Waals surface area (Å²) in [5.74, 6) is 0.864. The molecule has 0 saturated carbocycles. The van der Waals surface area contributed by atoms with Crippen LogP contribution in [0, 0.1) is 0 Å². The van der Waals surface area contributed by atoms with E-state index in [0.29, 0.717) is 28.4 Å². The minimum Gasteiger partial charge on any atom is -0.438 e. The van der Waals surface area contributed by atoms with Crippen molar-refractivity contribution in [3.63, 3.8) is 0 Å². The van der Waals surface area contributed by atoms with Crippen LogP contribution in [0.3, 0.4) is 0 Å². The molecule has 0 saturated heterocycles. The van der Waals surface area contributed by atoms with Gasteiger partial charge in [0.05, 0.1) is 15.7 Å². The van der Waals surface area contributed by atoms with Crippen molar-refractivity contribution in [2.24, 2.45) is 0 Å². The second-order valence-corrected chi connectivity index (χ2v) is 4.90. The van der Waals surface area contributed by atoms with Gasteiger partial charge >= 0.3 is 0 Å². The number of carbonyl (C=O) groups is 1. The summed E-state index contributed by atoms with van der Waals surface area (Å²) >= 11 is 0. The molecule has 0 aliphatic heterocycles. The Hall–Kier alpha value is -2.01. The number of ether oxygens (including phenoxy) is 1. The summed E-state index contributed by atoms with van der Waals surface area (Å²) in [6.45, 7) is 0. The Morgan fingerprint density at radius 3 is 2.61 bits per heavy atom. The SMILES string of the molecule is CS(=O)c1ccccc1Oc1ccc(C=O)cn1. The highest BCUT2D eigenvalue weighted by Crippen LogP contribution is 2.25. The maximum atomic E-state index is 11.5. The molecule has 1 atom stereocenters. The van der Waals surface area contributed by atoms with Gasteiger partial charge in [-0.05, 0) is 18.2 Å². The summed E-state index contributed by atoms with van der Waals surface area (Å²) in [5, 5.41) is 0. The van der Waals surface area contributed by atoms with Crippen LogP contribution in [0.5, 0.6) is 11.6 Å². The number of rotatable bonds is 4. The van der Waals surface area contributed by atoms with Crippen LogP contribution in [0.1, 0.15) is 10.4 Å². The maximum absolute atomic E-state index is 11.5. The van der Waals surface area contributed by atoms with Crippen LogP contribution < -0.4 is 4.74 Å². The van der Waals surface area contributed by atoms with E-state index < -0.39 is 10.8 Å². The predicted octanol–water partition coefficient (Wildman–Crippen LogP) is 2.42. The lowest BCUT2D eigenvalue weighted by molar-refractivity contribution is 0.112. The van der Waals surface area contributed by atoms with Gasteiger partial charge in [0.2, 0.25) is 5.88 Å². The summed E-state index contributed by atoms with van der Waals surface area (Å²) in [6.07, 6.45) is 3.73. The third-order valence-electron chi connectivity index (χ3n) is 2.27. The molecule has 0 fully saturated rings. The van der Waals surface area contributed by atoms with Crippen molar-refractivity contribution in [2.45, 2.75) is 4.90 Å². The lowest BCUT2D eigenvalue weighted by Crippen LogP contribution is -1.95. The molecule has 0 spiro atoms. The van der Waals surface area contributed by atoms with Gasteiger partial charge in [0.25, 0.3) is 0 Å². The zero-order valence-electron chi connectivity index (χ0n) is 9.70. The van der Waals surface area contributed by atoms with E-state index in [4.69, 9.17) is 4.74 Å². The molecular weight excluding hydrogens is 250 g/mol. The Labute approximate surface area is 107 Å². The Morgan fingerprint density at radius 1 is 1.22 bits per heavy atom. The first-order chi connectivity index (χ1) is 8.70. The smallest absolute Gasteiger partial charge is 0.219 e. The zero-order valence-corrected chi connectivity index (χ0v) is 10.5. The Kier molecular flexibility index (Phi) is 3.84. The van der Waals surface area contributed by atoms with Crippen LogP contribution in [-0.2, 0) is 10.8 Å². The van der Waals surface area contributed by atoms with E-state index in [1.165, 1.54) is 6.20 Å².